The van der Waals surface area contributed by atoms with Crippen LogP contribution < -0.4 is 5.32 Å². The van der Waals surface area contributed by atoms with Crippen LogP contribution in [0.4, 0.5) is 18.6 Å². The smallest absolute Gasteiger partial charge is 0.322 e. The van der Waals surface area contributed by atoms with Gasteiger partial charge in [-0.15, -0.1) is 11.3 Å². The number of amides is 2. The lowest BCUT2D eigenvalue weighted by atomic mass is 10.4. The van der Waals surface area contributed by atoms with Crippen molar-refractivity contribution in [3.8, 4) is 0 Å². The molecule has 1 heterocycles. The highest BCUT2D eigenvalue weighted by atomic mass is 32.1. The van der Waals surface area contributed by atoms with Gasteiger partial charge in [-0.1, -0.05) is 6.92 Å². The summed E-state index contributed by atoms with van der Waals surface area (Å²) in [6, 6.07) is -0.649. The van der Waals surface area contributed by atoms with Crippen molar-refractivity contribution in [2.75, 3.05) is 25.0 Å². The third kappa shape index (κ3) is 4.71. The van der Waals surface area contributed by atoms with Crippen molar-refractivity contribution in [3.63, 3.8) is 0 Å². The highest BCUT2D eigenvalue weighted by Crippen LogP contribution is 2.24. The second kappa shape index (κ2) is 7.34. The lowest BCUT2D eigenvalue weighted by molar-refractivity contribution is 0.0943. The van der Waals surface area contributed by atoms with Crippen molar-refractivity contribution in [2.24, 2.45) is 0 Å². The molecule has 8 heteroatoms. The lowest BCUT2D eigenvalue weighted by Gasteiger charge is -2.21. The van der Waals surface area contributed by atoms with E-state index in [4.69, 9.17) is 5.11 Å². The van der Waals surface area contributed by atoms with Crippen LogP contribution in [0.25, 0.3) is 0 Å². The van der Waals surface area contributed by atoms with Gasteiger partial charge in [0.1, 0.15) is 5.00 Å². The lowest BCUT2D eigenvalue weighted by Crippen LogP contribution is -2.40. The minimum Gasteiger partial charge on any atom is -0.395 e. The number of anilines is 1. The van der Waals surface area contributed by atoms with Crippen LogP contribution in [0.1, 0.15) is 17.6 Å². The Kier molecular flexibility index (Phi) is 6.10. The Labute approximate surface area is 114 Å². The zero-order valence-electron chi connectivity index (χ0n) is 10.8. The predicted molar refractivity (Wildman–Crippen MR) is 69.9 cm³/mol. The maximum atomic E-state index is 12.3. The molecule has 2 N–H and O–H groups in total. The van der Waals surface area contributed by atoms with E-state index in [-0.39, 0.29) is 13.2 Å². The van der Waals surface area contributed by atoms with Crippen molar-refractivity contribution in [2.45, 2.75) is 26.7 Å². The minimum atomic E-state index is -2.63. The van der Waals surface area contributed by atoms with E-state index in [1.165, 1.54) is 11.3 Å². The number of thiazole rings is 1. The average Bonchev–Trinajstić information content (AvgIpc) is 2.69. The molecule has 0 aliphatic heterocycles. The van der Waals surface area contributed by atoms with Crippen LogP contribution in [0.3, 0.4) is 0 Å². The third-order valence-corrected chi connectivity index (χ3v) is 3.60. The second-order valence-electron chi connectivity index (χ2n) is 3.87. The Morgan fingerprint density at radius 1 is 1.58 bits per heavy atom. The summed E-state index contributed by atoms with van der Waals surface area (Å²) in [5.41, 5.74) is 0.663. The summed E-state index contributed by atoms with van der Waals surface area (Å²) in [5, 5.41) is 12.8. The molecule has 0 aromatic carbocycles. The molecule has 0 saturated heterocycles. The zero-order chi connectivity index (χ0) is 14.4. The number of alkyl halides is 2. The molecule has 0 radical (unpaired) electrons. The molecule has 0 spiro atoms. The fourth-order valence-corrected chi connectivity index (χ4v) is 2.35. The fraction of sp³-hybridized carbons (Fsp3) is 0.636. The number of nitrogens with zero attached hydrogens (tertiary/aromatic N) is 2. The van der Waals surface area contributed by atoms with Crippen LogP contribution in [0.5, 0.6) is 0 Å². The number of rotatable bonds is 6. The molecule has 0 unspecified atom stereocenters. The van der Waals surface area contributed by atoms with E-state index in [2.05, 4.69) is 10.3 Å². The molecule has 1 aromatic heterocycles. The van der Waals surface area contributed by atoms with Crippen molar-refractivity contribution in [1.29, 1.82) is 0 Å². The summed E-state index contributed by atoms with van der Waals surface area (Å²) in [5.74, 6) is 0. The van der Waals surface area contributed by atoms with Gasteiger partial charge in [0.05, 0.1) is 23.9 Å². The average molecular weight is 293 g/mol. The van der Waals surface area contributed by atoms with E-state index >= 15 is 0 Å². The van der Waals surface area contributed by atoms with Gasteiger partial charge in [-0.2, -0.15) is 0 Å². The molecule has 1 aromatic rings. The molecule has 0 saturated carbocycles. The fourth-order valence-electron chi connectivity index (χ4n) is 1.46. The topological polar surface area (TPSA) is 65.5 Å². The minimum absolute atomic E-state index is 0.130. The molecule has 5 nitrogen and oxygen atoms in total. The SMILES string of the molecule is CCc1nc(C)c(NC(=O)N(CCO)CC(F)F)s1. The molecule has 19 heavy (non-hydrogen) atoms. The van der Waals surface area contributed by atoms with Crippen LogP contribution in [0.2, 0.25) is 0 Å². The first-order chi connectivity index (χ1) is 8.97. The summed E-state index contributed by atoms with van der Waals surface area (Å²) in [6.07, 6.45) is -1.88. The molecule has 0 aliphatic rings. The zero-order valence-corrected chi connectivity index (χ0v) is 11.6. The third-order valence-electron chi connectivity index (χ3n) is 2.38. The Balaban J connectivity index is 2.71. The summed E-state index contributed by atoms with van der Waals surface area (Å²) in [6.45, 7) is 2.50. The van der Waals surface area contributed by atoms with Crippen molar-refractivity contribution < 1.29 is 18.7 Å². The van der Waals surface area contributed by atoms with Gasteiger partial charge in [-0.05, 0) is 13.3 Å². The Bertz CT molecular complexity index is 426. The molecule has 108 valence electrons. The van der Waals surface area contributed by atoms with Gasteiger partial charge in [0, 0.05) is 6.54 Å². The van der Waals surface area contributed by atoms with Gasteiger partial charge in [0.2, 0.25) is 0 Å². The van der Waals surface area contributed by atoms with E-state index in [0.717, 1.165) is 16.3 Å². The second-order valence-corrected chi connectivity index (χ2v) is 4.95. The van der Waals surface area contributed by atoms with Crippen LogP contribution in [-0.4, -0.2) is 47.1 Å². The first-order valence-electron chi connectivity index (χ1n) is 5.89. The van der Waals surface area contributed by atoms with E-state index in [9.17, 15) is 13.6 Å². The van der Waals surface area contributed by atoms with Crippen LogP contribution >= 0.6 is 11.3 Å². The van der Waals surface area contributed by atoms with Crippen LogP contribution in [0, 0.1) is 6.92 Å². The van der Waals surface area contributed by atoms with Gasteiger partial charge >= 0.3 is 6.03 Å². The van der Waals surface area contributed by atoms with Crippen molar-refractivity contribution >= 4 is 22.4 Å². The number of aliphatic hydroxyl groups excluding tert-OH is 1. The largest absolute Gasteiger partial charge is 0.395 e. The molecule has 0 fully saturated rings. The van der Waals surface area contributed by atoms with Gasteiger partial charge in [-0.3, -0.25) is 5.32 Å². The van der Waals surface area contributed by atoms with Crippen LogP contribution in [0.15, 0.2) is 0 Å². The van der Waals surface area contributed by atoms with Crippen LogP contribution in [-0.2, 0) is 6.42 Å². The molecule has 0 bridgehead atoms. The number of nitrogens with one attached hydrogen (secondary N) is 1. The molecule has 1 rings (SSSR count). The standard InChI is InChI=1S/C11H17F2N3O2S/c1-3-9-14-7(2)10(19-9)15-11(18)16(4-5-17)6-8(12)13/h8,17H,3-6H2,1-2H3,(H,15,18). The number of hydrogen-bond donors (Lipinski definition) is 2. The van der Waals surface area contributed by atoms with Crippen molar-refractivity contribution in [3.05, 3.63) is 10.7 Å². The first kappa shape index (κ1) is 15.8. The Morgan fingerprint density at radius 2 is 2.26 bits per heavy atom. The summed E-state index contributed by atoms with van der Waals surface area (Å²) >= 11 is 1.32. The maximum Gasteiger partial charge on any atom is 0.322 e. The number of halogens is 2. The number of carbonyl (C=O) groups is 1. The number of carbonyl (C=O) groups excluding carboxylic acids is 1. The number of aryl methyl sites for hydroxylation is 2. The van der Waals surface area contributed by atoms with Gasteiger partial charge in [0.15, 0.2) is 0 Å². The molecule has 0 aliphatic carbocycles. The summed E-state index contributed by atoms with van der Waals surface area (Å²) in [4.78, 5) is 17.0. The Morgan fingerprint density at radius 3 is 2.74 bits per heavy atom. The number of aromatic nitrogens is 1. The van der Waals surface area contributed by atoms with Gasteiger partial charge in [0.25, 0.3) is 6.43 Å². The predicted octanol–water partition coefficient (Wildman–Crippen LogP) is 2.11. The maximum absolute atomic E-state index is 12.3. The summed E-state index contributed by atoms with van der Waals surface area (Å²) < 4.78 is 24.7. The Hall–Kier alpha value is -1.28. The highest BCUT2D eigenvalue weighted by molar-refractivity contribution is 7.16. The van der Waals surface area contributed by atoms with E-state index in [1.807, 2.05) is 6.92 Å². The number of urea groups is 1. The highest BCUT2D eigenvalue weighted by Gasteiger charge is 2.19. The van der Waals surface area contributed by atoms with Gasteiger partial charge in [-0.25, -0.2) is 18.6 Å². The van der Waals surface area contributed by atoms with E-state index in [1.54, 1.807) is 6.92 Å². The molecular weight excluding hydrogens is 276 g/mol. The van der Waals surface area contributed by atoms with E-state index in [0.29, 0.717) is 10.7 Å². The molecular formula is C11H17F2N3O2S. The number of aliphatic hydroxyl groups is 1. The molecule has 2 amide bonds. The van der Waals surface area contributed by atoms with E-state index < -0.39 is 19.0 Å². The molecule has 0 atom stereocenters. The van der Waals surface area contributed by atoms with Gasteiger partial charge < -0.3 is 10.0 Å². The summed E-state index contributed by atoms with van der Waals surface area (Å²) in [7, 11) is 0. The normalized spacial score (nSPS) is 10.8. The van der Waals surface area contributed by atoms with Crippen molar-refractivity contribution in [1.82, 2.24) is 9.88 Å². The monoisotopic (exact) mass is 293 g/mol. The first-order valence-corrected chi connectivity index (χ1v) is 6.70. The quantitative estimate of drug-likeness (QED) is 0.844. The number of hydrogen-bond acceptors (Lipinski definition) is 4.